The van der Waals surface area contributed by atoms with Crippen LogP contribution in [0.2, 0.25) is 0 Å². The van der Waals surface area contributed by atoms with Gasteiger partial charge in [-0.1, -0.05) is 0 Å². The summed E-state index contributed by atoms with van der Waals surface area (Å²) in [7, 11) is 1.60. The highest BCUT2D eigenvalue weighted by molar-refractivity contribution is 5.34. The summed E-state index contributed by atoms with van der Waals surface area (Å²) in [5.74, 6) is 0.453. The number of nitrogens with two attached hydrogens (primary N) is 1. The van der Waals surface area contributed by atoms with Crippen LogP contribution in [-0.4, -0.2) is 33.3 Å². The Labute approximate surface area is 84.9 Å². The van der Waals surface area contributed by atoms with E-state index >= 15 is 0 Å². The molecule has 0 fully saturated rings. The lowest BCUT2D eigenvalue weighted by Gasteiger charge is -1.98. The van der Waals surface area contributed by atoms with Crippen LogP contribution in [0.1, 0.15) is 5.69 Å². The Bertz CT molecular complexity index is 529. The molecule has 7 heteroatoms. The Kier molecular flexibility index (Phi) is 2.38. The summed E-state index contributed by atoms with van der Waals surface area (Å²) in [5.41, 5.74) is 5.84. The van der Waals surface area contributed by atoms with Gasteiger partial charge in [0.25, 0.3) is 11.3 Å². The molecule has 15 heavy (non-hydrogen) atoms. The van der Waals surface area contributed by atoms with Gasteiger partial charge < -0.3 is 10.5 Å². The predicted molar refractivity (Wildman–Crippen MR) is 53.6 cm³/mol. The summed E-state index contributed by atoms with van der Waals surface area (Å²) in [6, 6.07) is 1.43. The van der Waals surface area contributed by atoms with Crippen molar-refractivity contribution in [2.45, 2.75) is 6.42 Å². The Morgan fingerprint density at radius 2 is 2.40 bits per heavy atom. The van der Waals surface area contributed by atoms with Crippen molar-refractivity contribution < 1.29 is 4.74 Å². The highest BCUT2D eigenvalue weighted by atomic mass is 16.5. The second-order valence-corrected chi connectivity index (χ2v) is 3.07. The highest BCUT2D eigenvalue weighted by Gasteiger charge is 2.05. The number of rotatable bonds is 3. The number of ether oxygens (including phenoxy) is 1. The maximum Gasteiger partial charge on any atom is 0.274 e. The van der Waals surface area contributed by atoms with E-state index in [-0.39, 0.29) is 17.3 Å². The number of aromatic amines is 1. The van der Waals surface area contributed by atoms with Gasteiger partial charge in [0.05, 0.1) is 12.3 Å². The van der Waals surface area contributed by atoms with E-state index in [4.69, 9.17) is 10.5 Å². The van der Waals surface area contributed by atoms with Gasteiger partial charge in [0.2, 0.25) is 5.95 Å². The smallest absolute Gasteiger partial charge is 0.274 e. The number of nitrogens with zero attached hydrogens (tertiary/aromatic N) is 3. The molecule has 0 atom stereocenters. The van der Waals surface area contributed by atoms with E-state index in [0.29, 0.717) is 18.7 Å². The van der Waals surface area contributed by atoms with Gasteiger partial charge >= 0.3 is 0 Å². The van der Waals surface area contributed by atoms with Crippen LogP contribution in [0.5, 0.6) is 0 Å². The topological polar surface area (TPSA) is 98.3 Å². The van der Waals surface area contributed by atoms with Crippen molar-refractivity contribution in [3.8, 4) is 0 Å². The van der Waals surface area contributed by atoms with E-state index in [1.807, 2.05) is 0 Å². The molecule has 2 heterocycles. The summed E-state index contributed by atoms with van der Waals surface area (Å²) in [4.78, 5) is 19.6. The number of H-pyrrole nitrogens is 1. The Balaban J connectivity index is 2.47. The van der Waals surface area contributed by atoms with Gasteiger partial charge in [-0.2, -0.15) is 9.50 Å². The minimum Gasteiger partial charge on any atom is -0.384 e. The molecule has 0 aromatic carbocycles. The number of methoxy groups -OCH3 is 1. The van der Waals surface area contributed by atoms with E-state index in [1.165, 1.54) is 10.6 Å². The third-order valence-electron chi connectivity index (χ3n) is 1.96. The first-order valence-electron chi connectivity index (χ1n) is 4.44. The molecule has 0 radical (unpaired) electrons. The normalized spacial score (nSPS) is 11.0. The molecule has 0 aliphatic rings. The van der Waals surface area contributed by atoms with E-state index < -0.39 is 0 Å². The van der Waals surface area contributed by atoms with Crippen LogP contribution in [-0.2, 0) is 11.2 Å². The van der Waals surface area contributed by atoms with Crippen LogP contribution in [0.3, 0.4) is 0 Å². The largest absolute Gasteiger partial charge is 0.384 e. The molecule has 0 bridgehead atoms. The standard InChI is InChI=1S/C8H11N5O2/c1-15-3-2-5-4-6(14)13-8(10-5)11-7(9)12-13/h4H,2-3H2,1H3,(H3,9,10,11,12). The number of anilines is 1. The summed E-state index contributed by atoms with van der Waals surface area (Å²) < 4.78 is 6.10. The lowest BCUT2D eigenvalue weighted by Crippen LogP contribution is -2.16. The number of hydrogen-bond acceptors (Lipinski definition) is 5. The molecule has 0 saturated heterocycles. The molecular formula is C8H11N5O2. The Hall–Kier alpha value is -1.89. The van der Waals surface area contributed by atoms with Crippen molar-refractivity contribution >= 4 is 11.7 Å². The Morgan fingerprint density at radius 3 is 3.13 bits per heavy atom. The maximum absolute atomic E-state index is 11.5. The van der Waals surface area contributed by atoms with Crippen molar-refractivity contribution in [1.82, 2.24) is 19.6 Å². The molecule has 7 nitrogen and oxygen atoms in total. The van der Waals surface area contributed by atoms with Crippen LogP contribution in [0, 0.1) is 0 Å². The number of hydrogen-bond donors (Lipinski definition) is 2. The van der Waals surface area contributed by atoms with Gasteiger partial charge in [-0.05, 0) is 0 Å². The fraction of sp³-hybridized carbons (Fsp3) is 0.375. The maximum atomic E-state index is 11.5. The van der Waals surface area contributed by atoms with Crippen LogP contribution in [0.4, 0.5) is 5.95 Å². The van der Waals surface area contributed by atoms with Crippen molar-refractivity contribution in [3.05, 3.63) is 22.1 Å². The van der Waals surface area contributed by atoms with Gasteiger partial charge in [0.1, 0.15) is 0 Å². The van der Waals surface area contributed by atoms with Crippen molar-refractivity contribution in [2.75, 3.05) is 19.5 Å². The first-order chi connectivity index (χ1) is 7.20. The monoisotopic (exact) mass is 209 g/mol. The summed E-state index contributed by atoms with van der Waals surface area (Å²) in [6.07, 6.45) is 0.578. The SMILES string of the molecule is COCCc1cc(=O)n2[nH]c(N)nc2n1. The first kappa shape index (κ1) is 9.66. The summed E-state index contributed by atoms with van der Waals surface area (Å²) in [6.45, 7) is 0.516. The van der Waals surface area contributed by atoms with Crippen molar-refractivity contribution in [1.29, 1.82) is 0 Å². The fourth-order valence-corrected chi connectivity index (χ4v) is 1.28. The fourth-order valence-electron chi connectivity index (χ4n) is 1.28. The molecule has 0 unspecified atom stereocenters. The first-order valence-corrected chi connectivity index (χ1v) is 4.44. The number of nitrogen functional groups attached to an aromatic ring is 1. The second kappa shape index (κ2) is 3.70. The molecule has 80 valence electrons. The van der Waals surface area contributed by atoms with Crippen LogP contribution >= 0.6 is 0 Å². The van der Waals surface area contributed by atoms with Gasteiger partial charge in [0, 0.05) is 19.6 Å². The minimum absolute atomic E-state index is 0.170. The highest BCUT2D eigenvalue weighted by Crippen LogP contribution is 1.98. The molecule has 0 spiro atoms. The van der Waals surface area contributed by atoms with E-state index in [2.05, 4.69) is 15.1 Å². The van der Waals surface area contributed by atoms with Gasteiger partial charge in [-0.15, -0.1) is 0 Å². The predicted octanol–water partition coefficient (Wildman–Crippen LogP) is -0.811. The van der Waals surface area contributed by atoms with Crippen LogP contribution in [0.15, 0.2) is 10.9 Å². The zero-order chi connectivity index (χ0) is 10.8. The lowest BCUT2D eigenvalue weighted by molar-refractivity contribution is 0.201. The molecule has 3 N–H and O–H groups in total. The van der Waals surface area contributed by atoms with Crippen molar-refractivity contribution in [2.24, 2.45) is 0 Å². The average molecular weight is 209 g/mol. The molecule has 0 saturated carbocycles. The quantitative estimate of drug-likeness (QED) is 0.688. The third-order valence-corrected chi connectivity index (χ3v) is 1.96. The van der Waals surface area contributed by atoms with E-state index in [0.717, 1.165) is 0 Å². The van der Waals surface area contributed by atoms with Crippen molar-refractivity contribution in [3.63, 3.8) is 0 Å². The molecule has 2 aromatic rings. The zero-order valence-electron chi connectivity index (χ0n) is 8.23. The Morgan fingerprint density at radius 1 is 1.60 bits per heavy atom. The van der Waals surface area contributed by atoms with E-state index in [9.17, 15) is 4.79 Å². The zero-order valence-corrected chi connectivity index (χ0v) is 8.23. The van der Waals surface area contributed by atoms with Crippen LogP contribution in [0.25, 0.3) is 5.78 Å². The summed E-state index contributed by atoms with van der Waals surface area (Å²) in [5, 5.41) is 2.59. The minimum atomic E-state index is -0.227. The second-order valence-electron chi connectivity index (χ2n) is 3.07. The molecule has 0 amide bonds. The third kappa shape index (κ3) is 1.82. The molecule has 0 aliphatic carbocycles. The summed E-state index contributed by atoms with van der Waals surface area (Å²) >= 11 is 0. The molecule has 2 rings (SSSR count). The number of nitrogens with one attached hydrogen (secondary N) is 1. The van der Waals surface area contributed by atoms with Crippen LogP contribution < -0.4 is 11.3 Å². The molecular weight excluding hydrogens is 198 g/mol. The van der Waals surface area contributed by atoms with Gasteiger partial charge in [0.15, 0.2) is 0 Å². The van der Waals surface area contributed by atoms with E-state index in [1.54, 1.807) is 7.11 Å². The molecule has 0 aliphatic heterocycles. The number of fused-ring (bicyclic) bond motifs is 1. The number of aromatic nitrogens is 4. The lowest BCUT2D eigenvalue weighted by atomic mass is 10.3. The molecule has 2 aromatic heterocycles. The van der Waals surface area contributed by atoms with Gasteiger partial charge in [-0.3, -0.25) is 9.89 Å². The van der Waals surface area contributed by atoms with Gasteiger partial charge in [-0.25, -0.2) is 4.98 Å². The average Bonchev–Trinajstić information content (AvgIpc) is 2.56.